The number of methoxy groups -OCH3 is 2. The summed E-state index contributed by atoms with van der Waals surface area (Å²) in [5, 5.41) is 4.26. The molecule has 0 aliphatic rings. The molecular weight excluding hydrogens is 302 g/mol. The van der Waals surface area contributed by atoms with Crippen LogP contribution in [0.4, 0.5) is 5.82 Å². The van der Waals surface area contributed by atoms with Crippen molar-refractivity contribution in [2.24, 2.45) is 0 Å². The molecule has 0 fully saturated rings. The summed E-state index contributed by atoms with van der Waals surface area (Å²) in [6.07, 6.45) is 2.59. The van der Waals surface area contributed by atoms with Gasteiger partial charge >= 0.3 is 0 Å². The molecule has 3 aromatic rings. The normalized spacial score (nSPS) is 10.6. The standard InChI is InChI=1S/C19H21N3O2/c1-4-13-5-7-14(8-6-13)11-20-19-16-9-15(23-2)10-17(24-3)18(16)21-12-22-19/h5-10,12H,4,11H2,1-3H3,(H,20,21,22). The Morgan fingerprint density at radius 2 is 1.71 bits per heavy atom. The first kappa shape index (κ1) is 16.1. The lowest BCUT2D eigenvalue weighted by molar-refractivity contribution is 0.397. The van der Waals surface area contributed by atoms with Crippen LogP contribution < -0.4 is 14.8 Å². The van der Waals surface area contributed by atoms with Crippen LogP contribution in [0.3, 0.4) is 0 Å². The van der Waals surface area contributed by atoms with Gasteiger partial charge in [-0.1, -0.05) is 31.2 Å². The first-order valence-corrected chi connectivity index (χ1v) is 7.93. The van der Waals surface area contributed by atoms with Gasteiger partial charge in [0.1, 0.15) is 29.2 Å². The minimum Gasteiger partial charge on any atom is -0.497 e. The van der Waals surface area contributed by atoms with Crippen LogP contribution in [0, 0.1) is 0 Å². The molecule has 0 atom stereocenters. The predicted octanol–water partition coefficient (Wildman–Crippen LogP) is 3.82. The summed E-state index contributed by atoms with van der Waals surface area (Å²) in [6.45, 7) is 2.84. The number of nitrogens with zero attached hydrogens (tertiary/aromatic N) is 2. The van der Waals surface area contributed by atoms with Crippen molar-refractivity contribution >= 4 is 16.7 Å². The molecule has 0 aliphatic carbocycles. The van der Waals surface area contributed by atoms with Crippen molar-refractivity contribution in [1.82, 2.24) is 9.97 Å². The second-order valence-corrected chi connectivity index (χ2v) is 5.47. The van der Waals surface area contributed by atoms with Crippen LogP contribution in [0.2, 0.25) is 0 Å². The third-order valence-corrected chi connectivity index (χ3v) is 4.02. The maximum Gasteiger partial charge on any atom is 0.148 e. The van der Waals surface area contributed by atoms with E-state index in [9.17, 15) is 0 Å². The zero-order valence-electron chi connectivity index (χ0n) is 14.2. The molecule has 0 aliphatic heterocycles. The number of fused-ring (bicyclic) bond motifs is 1. The number of aromatic nitrogens is 2. The van der Waals surface area contributed by atoms with Crippen molar-refractivity contribution in [3.05, 3.63) is 53.9 Å². The highest BCUT2D eigenvalue weighted by Gasteiger charge is 2.11. The molecule has 0 saturated carbocycles. The zero-order chi connectivity index (χ0) is 16.9. The summed E-state index contributed by atoms with van der Waals surface area (Å²) in [6, 6.07) is 12.3. The number of ether oxygens (including phenoxy) is 2. The number of benzene rings is 2. The van der Waals surface area contributed by atoms with E-state index in [1.54, 1.807) is 20.5 Å². The molecule has 0 radical (unpaired) electrons. The Labute approximate surface area is 141 Å². The quantitative estimate of drug-likeness (QED) is 0.747. The van der Waals surface area contributed by atoms with Crippen molar-refractivity contribution in [1.29, 1.82) is 0 Å². The summed E-state index contributed by atoms with van der Waals surface area (Å²) in [4.78, 5) is 8.71. The molecule has 1 heterocycles. The number of anilines is 1. The van der Waals surface area contributed by atoms with Crippen LogP contribution >= 0.6 is 0 Å². The average Bonchev–Trinajstić information content (AvgIpc) is 2.65. The van der Waals surface area contributed by atoms with E-state index in [2.05, 4.69) is 46.5 Å². The Morgan fingerprint density at radius 1 is 0.958 bits per heavy atom. The SMILES string of the molecule is CCc1ccc(CNc2ncnc3c(OC)cc(OC)cc23)cc1. The molecule has 0 amide bonds. The van der Waals surface area contributed by atoms with E-state index < -0.39 is 0 Å². The van der Waals surface area contributed by atoms with Gasteiger partial charge in [0.25, 0.3) is 0 Å². The first-order valence-electron chi connectivity index (χ1n) is 7.93. The van der Waals surface area contributed by atoms with Gasteiger partial charge in [-0.25, -0.2) is 9.97 Å². The topological polar surface area (TPSA) is 56.3 Å². The summed E-state index contributed by atoms with van der Waals surface area (Å²) >= 11 is 0. The molecule has 2 aromatic carbocycles. The number of nitrogens with one attached hydrogen (secondary N) is 1. The van der Waals surface area contributed by atoms with Gasteiger partial charge in [0, 0.05) is 12.6 Å². The lowest BCUT2D eigenvalue weighted by atomic mass is 10.1. The monoisotopic (exact) mass is 323 g/mol. The lowest BCUT2D eigenvalue weighted by Gasteiger charge is -2.12. The molecule has 1 N–H and O–H groups in total. The van der Waals surface area contributed by atoms with E-state index in [0.29, 0.717) is 18.0 Å². The molecule has 0 unspecified atom stereocenters. The zero-order valence-corrected chi connectivity index (χ0v) is 14.2. The van der Waals surface area contributed by atoms with Gasteiger partial charge < -0.3 is 14.8 Å². The third kappa shape index (κ3) is 3.25. The smallest absolute Gasteiger partial charge is 0.148 e. The first-order chi connectivity index (χ1) is 11.7. The second kappa shape index (κ2) is 7.17. The lowest BCUT2D eigenvalue weighted by Crippen LogP contribution is -2.03. The number of hydrogen-bond acceptors (Lipinski definition) is 5. The number of aryl methyl sites for hydroxylation is 1. The number of hydrogen-bond donors (Lipinski definition) is 1. The summed E-state index contributed by atoms with van der Waals surface area (Å²) in [7, 11) is 3.26. The van der Waals surface area contributed by atoms with Gasteiger partial charge in [-0.2, -0.15) is 0 Å². The molecule has 3 rings (SSSR count). The van der Waals surface area contributed by atoms with E-state index in [1.807, 2.05) is 12.1 Å². The Kier molecular flexibility index (Phi) is 4.79. The van der Waals surface area contributed by atoms with Crippen LogP contribution in [0.1, 0.15) is 18.1 Å². The maximum atomic E-state index is 5.42. The molecule has 0 spiro atoms. The highest BCUT2D eigenvalue weighted by Crippen LogP contribution is 2.32. The van der Waals surface area contributed by atoms with E-state index in [-0.39, 0.29) is 0 Å². The average molecular weight is 323 g/mol. The summed E-state index contributed by atoms with van der Waals surface area (Å²) in [5.74, 6) is 2.14. The fourth-order valence-corrected chi connectivity index (χ4v) is 2.60. The van der Waals surface area contributed by atoms with Gasteiger partial charge in [0.05, 0.1) is 19.6 Å². The van der Waals surface area contributed by atoms with E-state index in [1.165, 1.54) is 11.1 Å². The Bertz CT molecular complexity index is 832. The highest BCUT2D eigenvalue weighted by atomic mass is 16.5. The highest BCUT2D eigenvalue weighted by molar-refractivity contribution is 5.94. The summed E-state index contributed by atoms with van der Waals surface area (Å²) in [5.41, 5.74) is 3.30. The van der Waals surface area contributed by atoms with Crippen LogP contribution in [0.5, 0.6) is 11.5 Å². The molecular formula is C19H21N3O2. The van der Waals surface area contributed by atoms with Gasteiger partial charge in [-0.05, 0) is 23.6 Å². The molecule has 5 heteroatoms. The fourth-order valence-electron chi connectivity index (χ4n) is 2.60. The molecule has 24 heavy (non-hydrogen) atoms. The molecule has 0 saturated heterocycles. The van der Waals surface area contributed by atoms with Crippen LogP contribution in [-0.2, 0) is 13.0 Å². The fraction of sp³-hybridized carbons (Fsp3) is 0.263. The predicted molar refractivity (Wildman–Crippen MR) is 95.8 cm³/mol. The van der Waals surface area contributed by atoms with Crippen molar-refractivity contribution < 1.29 is 9.47 Å². The Balaban J connectivity index is 1.90. The van der Waals surface area contributed by atoms with Crippen LogP contribution in [0.25, 0.3) is 10.9 Å². The molecule has 5 nitrogen and oxygen atoms in total. The van der Waals surface area contributed by atoms with Gasteiger partial charge in [-0.3, -0.25) is 0 Å². The van der Waals surface area contributed by atoms with Crippen molar-refractivity contribution in [3.63, 3.8) is 0 Å². The van der Waals surface area contributed by atoms with Crippen LogP contribution in [0.15, 0.2) is 42.7 Å². The maximum absolute atomic E-state index is 5.42. The van der Waals surface area contributed by atoms with Crippen LogP contribution in [-0.4, -0.2) is 24.2 Å². The van der Waals surface area contributed by atoms with Gasteiger partial charge in [-0.15, -0.1) is 0 Å². The Hall–Kier alpha value is -2.82. The van der Waals surface area contributed by atoms with Crippen molar-refractivity contribution in [2.75, 3.05) is 19.5 Å². The molecule has 124 valence electrons. The Morgan fingerprint density at radius 3 is 2.38 bits per heavy atom. The van der Waals surface area contributed by atoms with Gasteiger partial charge in [0.2, 0.25) is 0 Å². The van der Waals surface area contributed by atoms with Crippen molar-refractivity contribution in [2.45, 2.75) is 19.9 Å². The largest absolute Gasteiger partial charge is 0.497 e. The van der Waals surface area contributed by atoms with Gasteiger partial charge in [0.15, 0.2) is 0 Å². The summed E-state index contributed by atoms with van der Waals surface area (Å²) < 4.78 is 10.8. The third-order valence-electron chi connectivity index (χ3n) is 4.02. The minimum atomic E-state index is 0.669. The molecule has 0 bridgehead atoms. The second-order valence-electron chi connectivity index (χ2n) is 5.47. The van der Waals surface area contributed by atoms with E-state index in [4.69, 9.17) is 9.47 Å². The van der Waals surface area contributed by atoms with Crippen molar-refractivity contribution in [3.8, 4) is 11.5 Å². The van der Waals surface area contributed by atoms with E-state index >= 15 is 0 Å². The number of rotatable bonds is 6. The van der Waals surface area contributed by atoms with E-state index in [0.717, 1.165) is 23.1 Å². The molecule has 1 aromatic heterocycles. The minimum absolute atomic E-state index is 0.669.